The minimum Gasteiger partial charge on any atom is -0.490 e. The van der Waals surface area contributed by atoms with E-state index in [2.05, 4.69) is 27.7 Å². The van der Waals surface area contributed by atoms with Crippen LogP contribution in [0.4, 0.5) is 4.39 Å². The molecule has 0 heterocycles. The van der Waals surface area contributed by atoms with Crippen LogP contribution in [0.1, 0.15) is 85.5 Å². The Labute approximate surface area is 205 Å². The number of ether oxygens (including phenoxy) is 2. The van der Waals surface area contributed by atoms with Crippen LogP contribution in [0.2, 0.25) is 0 Å². The maximum absolute atomic E-state index is 14.5. The van der Waals surface area contributed by atoms with E-state index in [1.165, 1.54) is 31.7 Å². The summed E-state index contributed by atoms with van der Waals surface area (Å²) in [6.07, 6.45) is 10.1. The lowest BCUT2D eigenvalue weighted by Gasteiger charge is -2.27. The van der Waals surface area contributed by atoms with Crippen LogP contribution in [0.5, 0.6) is 11.5 Å². The molecule has 186 valence electrons. The van der Waals surface area contributed by atoms with Crippen LogP contribution in [0.15, 0.2) is 42.5 Å². The van der Waals surface area contributed by atoms with Crippen LogP contribution in [0, 0.1) is 23.1 Å². The first-order chi connectivity index (χ1) is 16.2. The van der Waals surface area contributed by atoms with Crippen LogP contribution < -0.4 is 9.47 Å². The standard InChI is InChI=1S/C30H41FO3/c1-5-6-7-8-22-9-11-24(12-10-22)29(32)34-26-16-13-23(14-17-26)25-15-18-28(27(31)21-25)33-20-19-30(2,3)4/h13-18,21-22,24H,5-12,19-20H2,1-4H3. The van der Waals surface area contributed by atoms with Gasteiger partial charge in [-0.15, -0.1) is 0 Å². The van der Waals surface area contributed by atoms with Crippen molar-refractivity contribution in [1.29, 1.82) is 0 Å². The van der Waals surface area contributed by atoms with Gasteiger partial charge in [0.25, 0.3) is 0 Å². The van der Waals surface area contributed by atoms with Crippen LogP contribution in [0.3, 0.4) is 0 Å². The Morgan fingerprint density at radius 2 is 1.65 bits per heavy atom. The van der Waals surface area contributed by atoms with Gasteiger partial charge in [0, 0.05) is 0 Å². The highest BCUT2D eigenvalue weighted by molar-refractivity contribution is 5.75. The molecule has 3 nitrogen and oxygen atoms in total. The Balaban J connectivity index is 1.50. The molecular weight excluding hydrogens is 427 g/mol. The molecule has 0 aromatic heterocycles. The molecule has 34 heavy (non-hydrogen) atoms. The Hall–Kier alpha value is -2.36. The summed E-state index contributed by atoms with van der Waals surface area (Å²) in [5.74, 6) is 1.10. The van der Waals surface area contributed by atoms with Crippen LogP contribution in [-0.4, -0.2) is 12.6 Å². The second-order valence-corrected chi connectivity index (χ2v) is 11.0. The predicted octanol–water partition coefficient (Wildman–Crippen LogP) is 8.60. The van der Waals surface area contributed by atoms with E-state index in [4.69, 9.17) is 9.47 Å². The van der Waals surface area contributed by atoms with Gasteiger partial charge in [0.2, 0.25) is 0 Å². The van der Waals surface area contributed by atoms with Crippen molar-refractivity contribution in [2.75, 3.05) is 6.61 Å². The zero-order valence-electron chi connectivity index (χ0n) is 21.4. The molecule has 0 N–H and O–H groups in total. The van der Waals surface area contributed by atoms with E-state index in [0.717, 1.165) is 49.1 Å². The van der Waals surface area contributed by atoms with Gasteiger partial charge < -0.3 is 9.47 Å². The van der Waals surface area contributed by atoms with E-state index in [9.17, 15) is 9.18 Å². The minimum absolute atomic E-state index is 0.00188. The Morgan fingerprint density at radius 3 is 2.26 bits per heavy atom. The summed E-state index contributed by atoms with van der Waals surface area (Å²) < 4.78 is 25.8. The van der Waals surface area contributed by atoms with Gasteiger partial charge >= 0.3 is 5.97 Å². The molecule has 0 atom stereocenters. The molecule has 4 heteroatoms. The third-order valence-electron chi connectivity index (χ3n) is 6.84. The SMILES string of the molecule is CCCCCC1CCC(C(=O)Oc2ccc(-c3ccc(OCCC(C)(C)C)c(F)c3)cc2)CC1. The van der Waals surface area contributed by atoms with Gasteiger partial charge in [0.1, 0.15) is 5.75 Å². The summed E-state index contributed by atoms with van der Waals surface area (Å²) in [7, 11) is 0. The molecule has 0 radical (unpaired) electrons. The lowest BCUT2D eigenvalue weighted by molar-refractivity contribution is -0.140. The second kappa shape index (κ2) is 12.4. The highest BCUT2D eigenvalue weighted by Crippen LogP contribution is 2.33. The largest absolute Gasteiger partial charge is 0.490 e. The summed E-state index contributed by atoms with van der Waals surface area (Å²) >= 11 is 0. The molecule has 1 aliphatic carbocycles. The van der Waals surface area contributed by atoms with E-state index in [0.29, 0.717) is 12.4 Å². The molecule has 0 bridgehead atoms. The topological polar surface area (TPSA) is 35.5 Å². The molecule has 2 aromatic rings. The van der Waals surface area contributed by atoms with E-state index in [1.807, 2.05) is 18.2 Å². The number of hydrogen-bond donors (Lipinski definition) is 0. The van der Waals surface area contributed by atoms with E-state index >= 15 is 0 Å². The van der Waals surface area contributed by atoms with Gasteiger partial charge in [-0.05, 0) is 78.8 Å². The molecular formula is C30H41FO3. The van der Waals surface area contributed by atoms with Crippen LogP contribution in [0.25, 0.3) is 11.1 Å². The van der Waals surface area contributed by atoms with Gasteiger partial charge in [-0.2, -0.15) is 0 Å². The van der Waals surface area contributed by atoms with E-state index < -0.39 is 0 Å². The zero-order chi connectivity index (χ0) is 24.6. The minimum atomic E-state index is -0.368. The van der Waals surface area contributed by atoms with Crippen molar-refractivity contribution in [3.8, 4) is 22.6 Å². The fourth-order valence-corrected chi connectivity index (χ4v) is 4.55. The second-order valence-electron chi connectivity index (χ2n) is 11.0. The molecule has 0 amide bonds. The van der Waals surface area contributed by atoms with Crippen molar-refractivity contribution >= 4 is 5.97 Å². The van der Waals surface area contributed by atoms with Crippen LogP contribution >= 0.6 is 0 Å². The summed E-state index contributed by atoms with van der Waals surface area (Å²) in [4.78, 5) is 12.6. The normalized spacial score (nSPS) is 18.5. The van der Waals surface area contributed by atoms with Crippen molar-refractivity contribution in [2.24, 2.45) is 17.3 Å². The average Bonchev–Trinajstić information content (AvgIpc) is 2.80. The molecule has 2 aromatic carbocycles. The Kier molecular flexibility index (Phi) is 9.55. The van der Waals surface area contributed by atoms with Gasteiger partial charge in [-0.25, -0.2) is 4.39 Å². The van der Waals surface area contributed by atoms with Crippen molar-refractivity contribution in [3.63, 3.8) is 0 Å². The van der Waals surface area contributed by atoms with Crippen LogP contribution in [-0.2, 0) is 4.79 Å². The quantitative estimate of drug-likeness (QED) is 0.199. The highest BCUT2D eigenvalue weighted by Gasteiger charge is 2.27. The van der Waals surface area contributed by atoms with Crippen molar-refractivity contribution in [1.82, 2.24) is 0 Å². The molecule has 1 saturated carbocycles. The van der Waals surface area contributed by atoms with Gasteiger partial charge in [0.05, 0.1) is 12.5 Å². The average molecular weight is 469 g/mol. The predicted molar refractivity (Wildman–Crippen MR) is 137 cm³/mol. The highest BCUT2D eigenvalue weighted by atomic mass is 19.1. The smallest absolute Gasteiger partial charge is 0.314 e. The molecule has 1 aliphatic rings. The monoisotopic (exact) mass is 468 g/mol. The summed E-state index contributed by atoms with van der Waals surface area (Å²) in [6.45, 7) is 9.13. The molecule has 1 fully saturated rings. The van der Waals surface area contributed by atoms with Gasteiger partial charge in [-0.1, -0.05) is 71.6 Å². The molecule has 3 rings (SSSR count). The number of carbonyl (C=O) groups is 1. The first kappa shape index (κ1) is 26.2. The van der Waals surface area contributed by atoms with E-state index in [-0.39, 0.29) is 28.9 Å². The first-order valence-electron chi connectivity index (χ1n) is 13.0. The first-order valence-corrected chi connectivity index (χ1v) is 13.0. The van der Waals surface area contributed by atoms with Crippen molar-refractivity contribution in [2.45, 2.75) is 85.5 Å². The Bertz CT molecular complexity index is 906. The van der Waals surface area contributed by atoms with E-state index in [1.54, 1.807) is 18.2 Å². The third kappa shape index (κ3) is 8.14. The number of carbonyl (C=O) groups excluding carboxylic acids is 1. The van der Waals surface area contributed by atoms with Gasteiger partial charge in [0.15, 0.2) is 11.6 Å². The van der Waals surface area contributed by atoms with Crippen molar-refractivity contribution in [3.05, 3.63) is 48.3 Å². The summed E-state index contributed by atoms with van der Waals surface area (Å²) in [5.41, 5.74) is 1.78. The molecule has 0 aliphatic heterocycles. The molecule has 0 saturated heterocycles. The fourth-order valence-electron chi connectivity index (χ4n) is 4.55. The maximum Gasteiger partial charge on any atom is 0.314 e. The summed E-state index contributed by atoms with van der Waals surface area (Å²) in [6, 6.07) is 12.3. The third-order valence-corrected chi connectivity index (χ3v) is 6.84. The maximum atomic E-state index is 14.5. The number of halogens is 1. The number of unbranched alkanes of at least 4 members (excludes halogenated alkanes) is 2. The Morgan fingerprint density at radius 1 is 0.971 bits per heavy atom. The fraction of sp³-hybridized carbons (Fsp3) is 0.567. The number of hydrogen-bond acceptors (Lipinski definition) is 3. The van der Waals surface area contributed by atoms with Crippen molar-refractivity contribution < 1.29 is 18.7 Å². The number of esters is 1. The zero-order valence-corrected chi connectivity index (χ0v) is 21.4. The number of rotatable bonds is 10. The summed E-state index contributed by atoms with van der Waals surface area (Å²) in [5, 5.41) is 0. The lowest BCUT2D eigenvalue weighted by Crippen LogP contribution is -2.25. The van der Waals surface area contributed by atoms with Gasteiger partial charge in [-0.3, -0.25) is 4.79 Å². The molecule has 0 unspecified atom stereocenters. The number of benzene rings is 2. The molecule has 0 spiro atoms. The lowest BCUT2D eigenvalue weighted by atomic mass is 9.80.